The SMILES string of the molecule is CSC(=Cc1cc(-n2ccnc2)ncn1)SC. The van der Waals surface area contributed by atoms with Crippen LogP contribution in [0.4, 0.5) is 0 Å². The first-order valence-corrected chi connectivity index (χ1v) is 7.38. The minimum Gasteiger partial charge on any atom is -0.290 e. The minimum absolute atomic E-state index is 0.824. The molecule has 0 aliphatic carbocycles. The molecule has 0 saturated heterocycles. The molecule has 17 heavy (non-hydrogen) atoms. The van der Waals surface area contributed by atoms with Crippen molar-refractivity contribution in [2.75, 3.05) is 12.5 Å². The Balaban J connectivity index is 2.32. The van der Waals surface area contributed by atoms with E-state index < -0.39 is 0 Å². The van der Waals surface area contributed by atoms with Crippen molar-refractivity contribution in [1.82, 2.24) is 19.5 Å². The van der Waals surface area contributed by atoms with Crippen LogP contribution in [-0.4, -0.2) is 32.0 Å². The van der Waals surface area contributed by atoms with Gasteiger partial charge in [-0.15, -0.1) is 23.5 Å². The smallest absolute Gasteiger partial charge is 0.141 e. The summed E-state index contributed by atoms with van der Waals surface area (Å²) in [6.45, 7) is 0. The van der Waals surface area contributed by atoms with Gasteiger partial charge in [-0.3, -0.25) is 4.57 Å². The minimum atomic E-state index is 0.824. The van der Waals surface area contributed by atoms with Gasteiger partial charge in [0.1, 0.15) is 18.5 Å². The highest BCUT2D eigenvalue weighted by Gasteiger charge is 2.00. The summed E-state index contributed by atoms with van der Waals surface area (Å²) in [6.07, 6.45) is 13.0. The summed E-state index contributed by atoms with van der Waals surface area (Å²) >= 11 is 3.43. The normalized spacial score (nSPS) is 10.2. The van der Waals surface area contributed by atoms with Gasteiger partial charge in [0.05, 0.1) is 5.69 Å². The Kier molecular flexibility index (Phi) is 4.22. The van der Waals surface area contributed by atoms with Crippen LogP contribution in [0.15, 0.2) is 35.4 Å². The molecule has 0 N–H and O–H groups in total. The summed E-state index contributed by atoms with van der Waals surface area (Å²) in [4.78, 5) is 12.4. The Bertz CT molecular complexity index is 502. The van der Waals surface area contributed by atoms with E-state index in [1.807, 2.05) is 16.8 Å². The van der Waals surface area contributed by atoms with Crippen molar-refractivity contribution in [2.24, 2.45) is 0 Å². The van der Waals surface area contributed by atoms with Gasteiger partial charge in [0.25, 0.3) is 0 Å². The van der Waals surface area contributed by atoms with Gasteiger partial charge < -0.3 is 0 Å². The van der Waals surface area contributed by atoms with Gasteiger partial charge in [-0.2, -0.15) is 0 Å². The molecule has 0 aliphatic heterocycles. The molecule has 0 bridgehead atoms. The van der Waals surface area contributed by atoms with E-state index in [1.165, 1.54) is 4.24 Å². The molecule has 0 amide bonds. The molecule has 2 heterocycles. The third kappa shape index (κ3) is 3.10. The monoisotopic (exact) mass is 264 g/mol. The second-order valence-corrected chi connectivity index (χ2v) is 5.10. The molecule has 6 heteroatoms. The number of hydrogen-bond acceptors (Lipinski definition) is 5. The molecular weight excluding hydrogens is 252 g/mol. The third-order valence-electron chi connectivity index (χ3n) is 2.11. The maximum atomic E-state index is 4.24. The summed E-state index contributed by atoms with van der Waals surface area (Å²) in [5.74, 6) is 0.824. The van der Waals surface area contributed by atoms with Crippen LogP contribution in [0.1, 0.15) is 5.69 Å². The molecule has 0 spiro atoms. The molecule has 0 radical (unpaired) electrons. The maximum Gasteiger partial charge on any atom is 0.141 e. The molecule has 0 atom stereocenters. The Morgan fingerprint density at radius 2 is 2.12 bits per heavy atom. The fraction of sp³-hybridized carbons (Fsp3) is 0.182. The van der Waals surface area contributed by atoms with Crippen molar-refractivity contribution in [3.8, 4) is 5.82 Å². The predicted octanol–water partition coefficient (Wildman–Crippen LogP) is 2.69. The van der Waals surface area contributed by atoms with Gasteiger partial charge in [0.15, 0.2) is 0 Å². The van der Waals surface area contributed by atoms with Crippen LogP contribution in [0.2, 0.25) is 0 Å². The molecule has 0 unspecified atom stereocenters. The molecule has 0 fully saturated rings. The first kappa shape index (κ1) is 12.2. The van der Waals surface area contributed by atoms with Crippen molar-refractivity contribution >= 4 is 29.6 Å². The van der Waals surface area contributed by atoms with Crippen LogP contribution < -0.4 is 0 Å². The number of rotatable bonds is 4. The molecule has 2 rings (SSSR count). The predicted molar refractivity (Wildman–Crippen MR) is 74.2 cm³/mol. The zero-order valence-corrected chi connectivity index (χ0v) is 11.2. The lowest BCUT2D eigenvalue weighted by atomic mass is 10.4. The van der Waals surface area contributed by atoms with Crippen LogP contribution in [0.25, 0.3) is 11.9 Å². The molecule has 0 aliphatic rings. The topological polar surface area (TPSA) is 43.6 Å². The Morgan fingerprint density at radius 1 is 1.29 bits per heavy atom. The molecular formula is C11H12N4S2. The van der Waals surface area contributed by atoms with Crippen molar-refractivity contribution < 1.29 is 0 Å². The first-order valence-electron chi connectivity index (χ1n) is 4.93. The number of hydrogen-bond donors (Lipinski definition) is 0. The molecule has 88 valence electrons. The van der Waals surface area contributed by atoms with Crippen molar-refractivity contribution in [3.63, 3.8) is 0 Å². The lowest BCUT2D eigenvalue weighted by molar-refractivity contribution is 0.967. The highest BCUT2D eigenvalue weighted by Crippen LogP contribution is 2.25. The van der Waals surface area contributed by atoms with Crippen molar-refractivity contribution in [2.45, 2.75) is 0 Å². The van der Waals surface area contributed by atoms with E-state index in [0.717, 1.165) is 11.5 Å². The Labute approximate surface area is 109 Å². The fourth-order valence-electron chi connectivity index (χ4n) is 1.30. The van der Waals surface area contributed by atoms with E-state index in [2.05, 4.69) is 33.5 Å². The number of aromatic nitrogens is 4. The number of imidazole rings is 1. The van der Waals surface area contributed by atoms with E-state index >= 15 is 0 Å². The van der Waals surface area contributed by atoms with Crippen LogP contribution in [-0.2, 0) is 0 Å². The summed E-state index contributed by atoms with van der Waals surface area (Å²) < 4.78 is 3.08. The Hall–Kier alpha value is -1.27. The second kappa shape index (κ2) is 5.88. The van der Waals surface area contributed by atoms with Gasteiger partial charge in [-0.05, 0) is 18.6 Å². The largest absolute Gasteiger partial charge is 0.290 e. The van der Waals surface area contributed by atoms with E-state index in [4.69, 9.17) is 0 Å². The highest BCUT2D eigenvalue weighted by atomic mass is 32.2. The molecule has 2 aromatic rings. The van der Waals surface area contributed by atoms with Gasteiger partial charge >= 0.3 is 0 Å². The summed E-state index contributed by atoms with van der Waals surface area (Å²) in [5, 5.41) is 0. The number of thioether (sulfide) groups is 2. The average molecular weight is 264 g/mol. The summed E-state index contributed by atoms with van der Waals surface area (Å²) in [6, 6.07) is 1.94. The Morgan fingerprint density at radius 3 is 2.76 bits per heavy atom. The third-order valence-corrected chi connectivity index (χ3v) is 4.15. The van der Waals surface area contributed by atoms with Crippen molar-refractivity contribution in [1.29, 1.82) is 0 Å². The van der Waals surface area contributed by atoms with Gasteiger partial charge in [-0.25, -0.2) is 15.0 Å². The van der Waals surface area contributed by atoms with E-state index in [9.17, 15) is 0 Å². The lowest BCUT2D eigenvalue weighted by Gasteiger charge is -2.02. The number of nitrogens with zero attached hydrogens (tertiary/aromatic N) is 4. The van der Waals surface area contributed by atoms with E-state index in [1.54, 1.807) is 42.4 Å². The van der Waals surface area contributed by atoms with Crippen molar-refractivity contribution in [3.05, 3.63) is 41.0 Å². The maximum absolute atomic E-state index is 4.24. The van der Waals surface area contributed by atoms with Gasteiger partial charge in [0, 0.05) is 22.7 Å². The summed E-state index contributed by atoms with van der Waals surface area (Å²) in [7, 11) is 0. The fourth-order valence-corrected chi connectivity index (χ4v) is 2.44. The molecule has 0 aromatic carbocycles. The lowest BCUT2D eigenvalue weighted by Crippen LogP contribution is -1.96. The first-order chi connectivity index (χ1) is 8.33. The van der Waals surface area contributed by atoms with Crippen LogP contribution in [0, 0.1) is 0 Å². The van der Waals surface area contributed by atoms with Crippen LogP contribution >= 0.6 is 23.5 Å². The second-order valence-electron chi connectivity index (χ2n) is 3.14. The van der Waals surface area contributed by atoms with E-state index in [-0.39, 0.29) is 0 Å². The summed E-state index contributed by atoms with van der Waals surface area (Å²) in [5.41, 5.74) is 0.905. The molecule has 2 aromatic heterocycles. The van der Waals surface area contributed by atoms with Gasteiger partial charge in [-0.1, -0.05) is 0 Å². The van der Waals surface area contributed by atoms with Crippen LogP contribution in [0.3, 0.4) is 0 Å². The quantitative estimate of drug-likeness (QED) is 0.849. The molecule has 4 nitrogen and oxygen atoms in total. The zero-order chi connectivity index (χ0) is 12.1. The average Bonchev–Trinajstić information content (AvgIpc) is 2.90. The van der Waals surface area contributed by atoms with Crippen LogP contribution in [0.5, 0.6) is 0 Å². The van der Waals surface area contributed by atoms with Gasteiger partial charge in [0.2, 0.25) is 0 Å². The zero-order valence-electron chi connectivity index (χ0n) is 9.57. The molecule has 0 saturated carbocycles. The standard InChI is InChI=1S/C11H12N4S2/c1-16-11(17-2)6-9-5-10(14-7-13-9)15-4-3-12-8-15/h3-8H,1-2H3. The highest BCUT2D eigenvalue weighted by molar-refractivity contribution is 8.21. The van der Waals surface area contributed by atoms with E-state index in [0.29, 0.717) is 0 Å².